The number of piperazine rings is 1. The average molecular weight is 1790 g/mol. The number of fused-ring (bicyclic) bond motifs is 3. The SMILES string of the molecule is Cc1c(C(=O)NCCN2CCN(C)CC2)sc2c1C(c1ccc(Cl)cc1)=N[C@@H](CC(=O)N1CCC(C#CC#CC3CCN(CCOCCOCCOCCOCCNC(=O)CCNC(=O)c4nc(NC(=O)CCNC(=O)c5cc(NC(=O)c6nc(NC(=O)CCNC(=O)c7cc(NC(=O)c8nccn8C)cn7C)cn6C)cn5C)cn4C)CC3)CC1)c1nnc(C)n1-2. The van der Waals surface area contributed by atoms with Gasteiger partial charge in [0.1, 0.15) is 28.3 Å². The van der Waals surface area contributed by atoms with Crippen molar-refractivity contribution in [3.05, 3.63) is 141 Å². The van der Waals surface area contributed by atoms with E-state index in [1.54, 1.807) is 52.2 Å². The van der Waals surface area contributed by atoms with Crippen molar-refractivity contribution in [3.63, 3.8) is 0 Å². The van der Waals surface area contributed by atoms with Crippen LogP contribution in [-0.4, -0.2) is 295 Å². The molecule has 3 fully saturated rings. The van der Waals surface area contributed by atoms with Crippen molar-refractivity contribution >= 4 is 111 Å². The Morgan fingerprint density at radius 2 is 1.02 bits per heavy atom. The molecule has 12 rings (SSSR count). The van der Waals surface area contributed by atoms with Gasteiger partial charge in [-0.15, -0.1) is 21.5 Å². The maximum Gasteiger partial charge on any atom is 0.291 e. The summed E-state index contributed by atoms with van der Waals surface area (Å²) >= 11 is 7.79. The zero-order valence-corrected chi connectivity index (χ0v) is 74.3. The molecule has 3 saturated heterocycles. The fourth-order valence-electron chi connectivity index (χ4n) is 14.9. The molecule has 0 radical (unpaired) electrons. The van der Waals surface area contributed by atoms with Gasteiger partial charge in [-0.05, 0) is 101 Å². The maximum atomic E-state index is 14.2. The van der Waals surface area contributed by atoms with Gasteiger partial charge in [-0.2, -0.15) is 0 Å². The number of nitrogens with zero attached hydrogens (tertiary/aromatic N) is 16. The monoisotopic (exact) mass is 1780 g/mol. The first-order chi connectivity index (χ1) is 61.3. The van der Waals surface area contributed by atoms with E-state index in [1.807, 2.05) is 47.6 Å². The number of thiophene rings is 1. The number of halogens is 1. The second kappa shape index (κ2) is 45.8. The lowest BCUT2D eigenvalue weighted by molar-refractivity contribution is -0.132. The summed E-state index contributed by atoms with van der Waals surface area (Å²) in [5, 5.41) is 35.1. The molecule has 7 aromatic heterocycles. The van der Waals surface area contributed by atoms with E-state index in [0.717, 1.165) is 99.7 Å². The number of likely N-dealkylation sites (N-methyl/N-ethyl adjacent to an activating group) is 1. The van der Waals surface area contributed by atoms with Crippen LogP contribution in [0.15, 0.2) is 78.6 Å². The minimum Gasteiger partial charge on any atom is -0.378 e. The van der Waals surface area contributed by atoms with Gasteiger partial charge in [0.15, 0.2) is 23.3 Å². The average Bonchev–Trinajstić information content (AvgIpc) is 1.58. The number of benzene rings is 1. The highest BCUT2D eigenvalue weighted by atomic mass is 35.5. The summed E-state index contributed by atoms with van der Waals surface area (Å²) in [4.78, 5) is 159. The lowest BCUT2D eigenvalue weighted by Gasteiger charge is -2.32. The minimum atomic E-state index is -0.639. The Morgan fingerprint density at radius 1 is 0.504 bits per heavy atom. The van der Waals surface area contributed by atoms with E-state index in [1.165, 1.54) is 66.5 Å². The first-order valence-corrected chi connectivity index (χ1v) is 43.6. The lowest BCUT2D eigenvalue weighted by Crippen LogP contribution is -2.46. The fraction of sp³-hybridized carbons (Fsp3) is 0.488. The summed E-state index contributed by atoms with van der Waals surface area (Å²) in [5.74, 6) is 10.9. The Bertz CT molecular complexity index is 5400. The molecule has 127 heavy (non-hydrogen) atoms. The zero-order valence-electron chi connectivity index (χ0n) is 72.7. The molecule has 676 valence electrons. The Labute approximate surface area is 744 Å². The summed E-state index contributed by atoms with van der Waals surface area (Å²) in [5.41, 5.74) is 4.18. The third-order valence-corrected chi connectivity index (χ3v) is 23.4. The van der Waals surface area contributed by atoms with Gasteiger partial charge in [0.05, 0.1) is 81.2 Å². The number of ether oxygens (including phenoxy) is 4. The van der Waals surface area contributed by atoms with Crippen molar-refractivity contribution in [1.82, 2.24) is 98.7 Å². The first kappa shape index (κ1) is 93.9. The number of aliphatic imine (C=N–C) groups is 1. The third-order valence-electron chi connectivity index (χ3n) is 21.9. The van der Waals surface area contributed by atoms with Crippen molar-refractivity contribution in [2.75, 3.05) is 179 Å². The van der Waals surface area contributed by atoms with Crippen LogP contribution in [0.25, 0.3) is 5.00 Å². The molecule has 0 spiro atoms. The molecule has 9 N–H and O–H groups in total. The van der Waals surface area contributed by atoms with Crippen molar-refractivity contribution in [1.29, 1.82) is 0 Å². The van der Waals surface area contributed by atoms with Gasteiger partial charge < -0.3 is 104 Å². The Morgan fingerprint density at radius 3 is 1.58 bits per heavy atom. The number of piperidine rings is 2. The van der Waals surface area contributed by atoms with Crippen LogP contribution < -0.4 is 47.9 Å². The van der Waals surface area contributed by atoms with E-state index >= 15 is 0 Å². The highest BCUT2D eigenvalue weighted by molar-refractivity contribution is 7.17. The molecule has 0 bridgehead atoms. The molecule has 41 heteroatoms. The predicted octanol–water partition coefficient (Wildman–Crippen LogP) is 3.72. The second-order valence-corrected chi connectivity index (χ2v) is 32.8. The van der Waals surface area contributed by atoms with Crippen molar-refractivity contribution < 1.29 is 66.9 Å². The summed E-state index contributed by atoms with van der Waals surface area (Å²) < 4.78 is 32.1. The van der Waals surface area contributed by atoms with Crippen molar-refractivity contribution in [2.24, 2.45) is 52.1 Å². The van der Waals surface area contributed by atoms with E-state index in [-0.39, 0.29) is 134 Å². The number of likely N-dealkylation sites (tertiary alicyclic amines) is 2. The van der Waals surface area contributed by atoms with Gasteiger partial charge in [0.2, 0.25) is 35.3 Å². The number of aryl methyl sites for hydroxylation is 6. The van der Waals surface area contributed by atoms with E-state index in [2.05, 4.69) is 118 Å². The molecule has 0 unspecified atom stereocenters. The van der Waals surface area contributed by atoms with E-state index < -0.39 is 47.4 Å². The van der Waals surface area contributed by atoms with Crippen LogP contribution in [0.3, 0.4) is 0 Å². The molecule has 39 nitrogen and oxygen atoms in total. The van der Waals surface area contributed by atoms with Crippen LogP contribution in [0, 0.1) is 49.4 Å². The molecule has 0 aliphatic carbocycles. The minimum absolute atomic E-state index is 0.00250. The largest absolute Gasteiger partial charge is 0.378 e. The summed E-state index contributed by atoms with van der Waals surface area (Å²) in [6.45, 7) is 16.4. The number of aromatic nitrogens is 11. The predicted molar refractivity (Wildman–Crippen MR) is 474 cm³/mol. The topological polar surface area (TPSA) is 435 Å². The Kier molecular flexibility index (Phi) is 33.8. The summed E-state index contributed by atoms with van der Waals surface area (Å²) in [6, 6.07) is 9.81. The number of nitrogens with one attached hydrogen (secondary N) is 9. The molecule has 11 heterocycles. The van der Waals surface area contributed by atoms with Gasteiger partial charge in [0.25, 0.3) is 35.4 Å². The number of hydrogen-bond acceptors (Lipinski definition) is 24. The van der Waals surface area contributed by atoms with Gasteiger partial charge in [-0.1, -0.05) is 35.6 Å². The van der Waals surface area contributed by atoms with E-state index in [4.69, 9.17) is 35.5 Å². The molecule has 1 atom stereocenters. The standard InChI is InChI=1S/C86H110ClN25O14S/c1-56-73-74(60-13-15-61(87)16-14-60)96-64(76-102-101-57(2)112(76)86(73)127-75(56)82(119)93-28-35-110-38-36-103(3)37-39-110)51-72(116)111-32-22-59(23-33-111)12-10-9-11-58-20-30-109(31-21-58)40-42-124-44-46-126-48-47-125-45-43-123-41-29-88-69(113)17-24-92-83(120)78-99-67(54-107(78)7)97-70(114)18-25-91-81(118)66-50-63(53-106(66)6)95-85(122)79-100-68(55-108(79)8)98-71(115)19-26-90-80(117)65-49-62(52-105(65)5)94-84(121)77-89-27-34-104(77)4/h13-16,27,34,49-50,52-55,58-59,64H,17-26,28-33,35-48,51H2,1-8H3,(H,88,113)(H,90,117)(H,91,118)(H,92,120)(H,93,119)(H,94,121)(H,95,122)(H,97,114)(H,98,115)/t64-/m0/s1. The Hall–Kier alpha value is -12.3. The van der Waals surface area contributed by atoms with Crippen LogP contribution in [0.5, 0.6) is 0 Å². The maximum absolute atomic E-state index is 14.2. The molecule has 0 saturated carbocycles. The van der Waals surface area contributed by atoms with Crippen LogP contribution in [0.4, 0.5) is 23.0 Å². The third kappa shape index (κ3) is 26.4. The normalized spacial score (nSPS) is 15.0. The molecular weight excluding hydrogens is 1670 g/mol. The quantitative estimate of drug-likeness (QED) is 0.0195. The van der Waals surface area contributed by atoms with Gasteiger partial charge in [-0.3, -0.25) is 62.4 Å². The highest BCUT2D eigenvalue weighted by Gasteiger charge is 2.36. The zero-order chi connectivity index (χ0) is 90.0. The first-order valence-electron chi connectivity index (χ1n) is 42.4. The number of anilines is 4. The van der Waals surface area contributed by atoms with Gasteiger partial charge in [0, 0.05) is 205 Å². The van der Waals surface area contributed by atoms with Crippen molar-refractivity contribution in [2.45, 2.75) is 71.3 Å². The second-order valence-electron chi connectivity index (χ2n) is 31.3. The number of imidazole rings is 3. The molecule has 8 aromatic rings. The van der Waals surface area contributed by atoms with Crippen LogP contribution in [-0.2, 0) is 73.4 Å². The van der Waals surface area contributed by atoms with Gasteiger partial charge >= 0.3 is 0 Å². The number of carbonyl (C=O) groups excluding carboxylic acids is 10. The number of amides is 10. The van der Waals surface area contributed by atoms with Crippen LogP contribution >= 0.6 is 22.9 Å². The van der Waals surface area contributed by atoms with Crippen molar-refractivity contribution in [3.8, 4) is 28.7 Å². The number of rotatable bonds is 40. The van der Waals surface area contributed by atoms with E-state index in [0.29, 0.717) is 98.8 Å². The molecule has 4 aliphatic heterocycles. The molecule has 1 aromatic carbocycles. The molecule has 10 amide bonds. The van der Waals surface area contributed by atoms with Crippen LogP contribution in [0.1, 0.15) is 148 Å². The fourth-order valence-corrected chi connectivity index (χ4v) is 16.3. The molecule has 4 aliphatic rings. The number of hydrogen-bond donors (Lipinski definition) is 9. The summed E-state index contributed by atoms with van der Waals surface area (Å²) in [7, 11) is 10.2. The van der Waals surface area contributed by atoms with Crippen LogP contribution in [0.2, 0.25) is 5.02 Å². The Balaban J connectivity index is 0.445. The van der Waals surface area contributed by atoms with E-state index in [9.17, 15) is 47.9 Å². The lowest BCUT2D eigenvalue weighted by atomic mass is 9.96. The van der Waals surface area contributed by atoms with Gasteiger partial charge in [-0.25, -0.2) is 15.0 Å². The summed E-state index contributed by atoms with van der Waals surface area (Å²) in [6.07, 6.45) is 12.4. The number of carbonyl (C=O) groups is 10. The highest BCUT2D eigenvalue weighted by Crippen LogP contribution is 2.41. The smallest absolute Gasteiger partial charge is 0.291 e. The molecular formula is C86H110ClN25O14S.